The van der Waals surface area contributed by atoms with Crippen molar-refractivity contribution in [1.82, 2.24) is 9.13 Å². The van der Waals surface area contributed by atoms with Gasteiger partial charge in [0, 0.05) is 27.2 Å². The van der Waals surface area contributed by atoms with Crippen molar-refractivity contribution < 1.29 is 0 Å². The predicted molar refractivity (Wildman–Crippen MR) is 270 cm³/mol. The maximum Gasteiger partial charge on any atom is 0.179 e. The van der Waals surface area contributed by atoms with E-state index in [-0.39, 0.29) is 0 Å². The van der Waals surface area contributed by atoms with Gasteiger partial charge in [-0.3, -0.25) is 0 Å². The molecule has 12 rings (SSSR count). The Hall–Kier alpha value is -7.98. The van der Waals surface area contributed by atoms with Gasteiger partial charge in [-0.25, -0.2) is 0 Å². The van der Waals surface area contributed by atoms with E-state index in [4.69, 9.17) is 0 Å². The average Bonchev–Trinajstić information content (AvgIpc) is 3.88. The topological polar surface area (TPSA) is 9.86 Å². The number of rotatable bonds is 8. The molecule has 0 bridgehead atoms. The van der Waals surface area contributed by atoms with E-state index in [9.17, 15) is 0 Å². The van der Waals surface area contributed by atoms with Crippen molar-refractivity contribution in [1.29, 1.82) is 0 Å². The molecule has 0 aliphatic heterocycles. The third-order valence-electron chi connectivity index (χ3n) is 13.1. The summed E-state index contributed by atoms with van der Waals surface area (Å²) in [6.07, 6.45) is 0. The fourth-order valence-electron chi connectivity index (χ4n) is 10.4. The van der Waals surface area contributed by atoms with Crippen LogP contribution in [0.2, 0.25) is 0 Å². The lowest BCUT2D eigenvalue weighted by Crippen LogP contribution is -2.74. The molecule has 0 N–H and O–H groups in total. The molecule has 0 spiro atoms. The van der Waals surface area contributed by atoms with Crippen LogP contribution in [0, 0.1) is 0 Å². The second kappa shape index (κ2) is 15.2. The predicted octanol–water partition coefficient (Wildman–Crippen LogP) is 12.6. The van der Waals surface area contributed by atoms with E-state index in [2.05, 4.69) is 264 Å². The Kier molecular flexibility index (Phi) is 8.87. The first-order valence-electron chi connectivity index (χ1n) is 21.8. The maximum atomic E-state index is 2.52. The molecule has 63 heavy (non-hydrogen) atoms. The van der Waals surface area contributed by atoms with Crippen LogP contribution in [-0.4, -0.2) is 17.2 Å². The highest BCUT2D eigenvalue weighted by atomic mass is 28.3. The molecule has 0 unspecified atom stereocenters. The Morgan fingerprint density at radius 1 is 0.270 bits per heavy atom. The highest BCUT2D eigenvalue weighted by Crippen LogP contribution is 2.40. The lowest BCUT2D eigenvalue weighted by molar-refractivity contribution is 1.17. The zero-order valence-corrected chi connectivity index (χ0v) is 35.6. The standard InChI is InChI=1S/C60H42N2Si/c1-5-20-43(21-6-1)50-28-13-14-29-51(50)44-36-38-45(39-37-44)61-56-33-18-16-31-53(56)60-58(61)34-19-35-59(60)62-55-32-17-15-30-52(55)54-42-49(40-41-57(54)62)63(46-22-7-2-8-23-46,47-24-9-3-10-25-47)48-26-11-4-12-27-48/h1-42H. The van der Waals surface area contributed by atoms with Gasteiger partial charge < -0.3 is 9.13 Å². The number of hydrogen-bond donors (Lipinski definition) is 0. The van der Waals surface area contributed by atoms with Crippen molar-refractivity contribution in [2.45, 2.75) is 0 Å². The molecule has 0 radical (unpaired) electrons. The minimum atomic E-state index is -2.75. The van der Waals surface area contributed by atoms with Crippen molar-refractivity contribution >= 4 is 72.4 Å². The Balaban J connectivity index is 1.07. The first kappa shape index (κ1) is 36.8. The normalized spacial score (nSPS) is 11.8. The summed E-state index contributed by atoms with van der Waals surface area (Å²) in [5.41, 5.74) is 11.9. The van der Waals surface area contributed by atoms with Gasteiger partial charge in [0.2, 0.25) is 0 Å². The zero-order chi connectivity index (χ0) is 41.7. The molecule has 2 aromatic heterocycles. The lowest BCUT2D eigenvalue weighted by atomic mass is 9.94. The Morgan fingerprint density at radius 2 is 0.730 bits per heavy atom. The lowest BCUT2D eigenvalue weighted by Gasteiger charge is -2.34. The van der Waals surface area contributed by atoms with E-state index in [1.165, 1.54) is 92.3 Å². The number of para-hydroxylation sites is 2. The van der Waals surface area contributed by atoms with E-state index in [0.717, 1.165) is 5.69 Å². The molecular weight excluding hydrogens is 777 g/mol. The molecule has 0 aliphatic carbocycles. The van der Waals surface area contributed by atoms with Gasteiger partial charge in [-0.15, -0.1) is 0 Å². The molecule has 2 nitrogen and oxygen atoms in total. The minimum absolute atomic E-state index is 1.13. The van der Waals surface area contributed by atoms with Crippen molar-refractivity contribution in [3.8, 4) is 33.6 Å². The summed E-state index contributed by atoms with van der Waals surface area (Å²) in [5.74, 6) is 0. The summed E-state index contributed by atoms with van der Waals surface area (Å²) in [6.45, 7) is 0. The number of nitrogens with zero attached hydrogens (tertiary/aromatic N) is 2. The fraction of sp³-hybridized carbons (Fsp3) is 0. The van der Waals surface area contributed by atoms with Crippen LogP contribution in [0.4, 0.5) is 0 Å². The largest absolute Gasteiger partial charge is 0.309 e. The third kappa shape index (κ3) is 5.85. The number of fused-ring (bicyclic) bond motifs is 6. The van der Waals surface area contributed by atoms with Gasteiger partial charge in [0.05, 0.1) is 27.8 Å². The molecule has 0 aliphatic rings. The highest BCUT2D eigenvalue weighted by Gasteiger charge is 2.41. The number of hydrogen-bond acceptors (Lipinski definition) is 0. The van der Waals surface area contributed by atoms with Crippen molar-refractivity contribution in [3.05, 3.63) is 255 Å². The molecular formula is C60H42N2Si. The zero-order valence-electron chi connectivity index (χ0n) is 34.6. The smallest absolute Gasteiger partial charge is 0.179 e. The molecule has 0 atom stereocenters. The van der Waals surface area contributed by atoms with E-state index in [1.54, 1.807) is 0 Å². The van der Waals surface area contributed by atoms with Crippen LogP contribution in [0.5, 0.6) is 0 Å². The van der Waals surface area contributed by atoms with Crippen LogP contribution in [-0.2, 0) is 0 Å². The minimum Gasteiger partial charge on any atom is -0.309 e. The third-order valence-corrected chi connectivity index (χ3v) is 17.9. The van der Waals surface area contributed by atoms with Crippen molar-refractivity contribution in [2.75, 3.05) is 0 Å². The molecule has 0 fully saturated rings. The Morgan fingerprint density at radius 3 is 1.33 bits per heavy atom. The molecule has 0 saturated carbocycles. The van der Waals surface area contributed by atoms with Gasteiger partial charge >= 0.3 is 0 Å². The molecule has 296 valence electrons. The summed E-state index contributed by atoms with van der Waals surface area (Å²) < 4.78 is 4.94. The first-order valence-corrected chi connectivity index (χ1v) is 23.8. The van der Waals surface area contributed by atoms with E-state index >= 15 is 0 Å². The summed E-state index contributed by atoms with van der Waals surface area (Å²) >= 11 is 0. The second-order valence-electron chi connectivity index (χ2n) is 16.4. The summed E-state index contributed by atoms with van der Waals surface area (Å²) in [6, 6.07) is 94.1. The maximum absolute atomic E-state index is 2.75. The molecule has 3 heteroatoms. The fourth-order valence-corrected chi connectivity index (χ4v) is 15.2. The van der Waals surface area contributed by atoms with E-state index in [0.29, 0.717) is 0 Å². The summed E-state index contributed by atoms with van der Waals surface area (Å²) in [7, 11) is -2.75. The van der Waals surface area contributed by atoms with Crippen LogP contribution < -0.4 is 20.7 Å². The van der Waals surface area contributed by atoms with Gasteiger partial charge in [-0.05, 0) is 85.5 Å². The summed E-state index contributed by atoms with van der Waals surface area (Å²) in [5, 5.41) is 10.5. The van der Waals surface area contributed by atoms with Gasteiger partial charge in [-0.1, -0.05) is 212 Å². The van der Waals surface area contributed by atoms with Gasteiger partial charge in [0.25, 0.3) is 0 Å². The average molecular weight is 819 g/mol. The Bertz CT molecular complexity index is 3490. The SMILES string of the molecule is c1ccc(-c2ccccc2-c2ccc(-n3c4ccccc4c4c(-n5c6ccccc6c6cc([Si](c7ccccc7)(c7ccccc7)c7ccccc7)ccc65)cccc43)cc2)cc1. The quantitative estimate of drug-likeness (QED) is 0.107. The molecule has 2 heterocycles. The van der Waals surface area contributed by atoms with E-state index < -0.39 is 8.07 Å². The molecule has 0 amide bonds. The monoisotopic (exact) mass is 818 g/mol. The van der Waals surface area contributed by atoms with Crippen LogP contribution in [0.3, 0.4) is 0 Å². The van der Waals surface area contributed by atoms with Gasteiger partial charge in [0.1, 0.15) is 0 Å². The van der Waals surface area contributed by atoms with Crippen LogP contribution in [0.15, 0.2) is 255 Å². The molecule has 12 aromatic rings. The second-order valence-corrected chi connectivity index (χ2v) is 20.2. The van der Waals surface area contributed by atoms with Gasteiger partial charge in [0.15, 0.2) is 8.07 Å². The van der Waals surface area contributed by atoms with Crippen LogP contribution >= 0.6 is 0 Å². The molecule has 10 aromatic carbocycles. The van der Waals surface area contributed by atoms with Crippen LogP contribution in [0.1, 0.15) is 0 Å². The van der Waals surface area contributed by atoms with Crippen LogP contribution in [0.25, 0.3) is 77.2 Å². The highest BCUT2D eigenvalue weighted by molar-refractivity contribution is 7.20. The number of aromatic nitrogens is 2. The van der Waals surface area contributed by atoms with Gasteiger partial charge in [-0.2, -0.15) is 0 Å². The van der Waals surface area contributed by atoms with Crippen molar-refractivity contribution in [2.24, 2.45) is 0 Å². The summed E-state index contributed by atoms with van der Waals surface area (Å²) in [4.78, 5) is 0. The first-order chi connectivity index (χ1) is 31.3. The number of benzene rings is 10. The molecule has 0 saturated heterocycles. The Labute approximate surface area is 368 Å². The van der Waals surface area contributed by atoms with Crippen molar-refractivity contribution in [3.63, 3.8) is 0 Å². The van der Waals surface area contributed by atoms with E-state index in [1.807, 2.05) is 0 Å².